The Morgan fingerprint density at radius 3 is 2.78 bits per heavy atom. The molecule has 32 heavy (non-hydrogen) atoms. The average molecular weight is 440 g/mol. The molecular formula is C26H37N3O3. The minimum Gasteiger partial charge on any atom is -0.466 e. The Morgan fingerprint density at radius 1 is 1.09 bits per heavy atom. The maximum atomic E-state index is 13.0. The number of imidazole rings is 1. The highest BCUT2D eigenvalue weighted by atomic mass is 16.5. The maximum Gasteiger partial charge on any atom is 0.326 e. The maximum absolute atomic E-state index is 13.0. The number of esters is 1. The highest BCUT2D eigenvalue weighted by Gasteiger charge is 2.41. The van der Waals surface area contributed by atoms with Crippen molar-refractivity contribution in [3.63, 3.8) is 0 Å². The number of piperidine rings is 1. The lowest BCUT2D eigenvalue weighted by Crippen LogP contribution is -2.49. The van der Waals surface area contributed by atoms with E-state index in [1.807, 2.05) is 35.8 Å². The van der Waals surface area contributed by atoms with E-state index in [0.717, 1.165) is 48.3 Å². The summed E-state index contributed by atoms with van der Waals surface area (Å²) in [4.78, 5) is 31.4. The molecule has 5 unspecified atom stereocenters. The summed E-state index contributed by atoms with van der Waals surface area (Å²) in [5, 5.41) is 0. The number of nitrogens with one attached hydrogen (secondary N) is 1. The summed E-state index contributed by atoms with van der Waals surface area (Å²) >= 11 is 0. The minimum atomic E-state index is -0.314. The van der Waals surface area contributed by atoms with E-state index in [4.69, 9.17) is 4.74 Å². The van der Waals surface area contributed by atoms with Crippen LogP contribution in [0.2, 0.25) is 0 Å². The van der Waals surface area contributed by atoms with Crippen molar-refractivity contribution in [1.29, 1.82) is 0 Å². The number of rotatable bonds is 5. The predicted molar refractivity (Wildman–Crippen MR) is 126 cm³/mol. The van der Waals surface area contributed by atoms with Crippen LogP contribution in [-0.2, 0) is 9.53 Å². The van der Waals surface area contributed by atoms with Crippen LogP contribution in [0, 0.1) is 23.7 Å². The van der Waals surface area contributed by atoms with Crippen molar-refractivity contribution in [2.24, 2.45) is 23.7 Å². The number of benzene rings is 1. The molecule has 1 aromatic heterocycles. The number of ether oxygens (including phenoxy) is 1. The van der Waals surface area contributed by atoms with Gasteiger partial charge in [-0.25, -0.2) is 4.79 Å². The molecular weight excluding hydrogens is 402 g/mol. The van der Waals surface area contributed by atoms with Gasteiger partial charge >= 0.3 is 11.7 Å². The smallest absolute Gasteiger partial charge is 0.326 e. The lowest BCUT2D eigenvalue weighted by atomic mass is 9.65. The van der Waals surface area contributed by atoms with E-state index in [-0.39, 0.29) is 23.6 Å². The van der Waals surface area contributed by atoms with Crippen molar-refractivity contribution < 1.29 is 9.53 Å². The van der Waals surface area contributed by atoms with E-state index in [9.17, 15) is 9.59 Å². The standard InChI is InChI=1S/C26H37N3O3/c1-2-32-25(30)21-17-28(16-19-10-7-9-18-8-3-4-11-20(18)19)15-14-23(21)29-24-13-6-5-12-22(24)27-26(29)31/h5-6,12-13,18-21,23H,2-4,7-11,14-17H2,1H3,(H,27,31). The van der Waals surface area contributed by atoms with Crippen molar-refractivity contribution in [3.05, 3.63) is 34.7 Å². The molecule has 0 bridgehead atoms. The fourth-order valence-corrected chi connectivity index (χ4v) is 7.00. The van der Waals surface area contributed by atoms with Gasteiger partial charge in [-0.3, -0.25) is 9.36 Å². The van der Waals surface area contributed by atoms with Crippen molar-refractivity contribution in [2.75, 3.05) is 26.2 Å². The molecule has 3 fully saturated rings. The fourth-order valence-electron chi connectivity index (χ4n) is 7.00. The third-order valence-corrected chi connectivity index (χ3v) is 8.42. The number of likely N-dealkylation sites (tertiary alicyclic amines) is 1. The van der Waals surface area contributed by atoms with Gasteiger partial charge < -0.3 is 14.6 Å². The second kappa shape index (κ2) is 9.42. The van der Waals surface area contributed by atoms with Gasteiger partial charge in [0.05, 0.1) is 29.6 Å². The number of aromatic amines is 1. The van der Waals surface area contributed by atoms with Gasteiger partial charge in [0.1, 0.15) is 0 Å². The first-order chi connectivity index (χ1) is 15.7. The van der Waals surface area contributed by atoms with Crippen LogP contribution in [0.25, 0.3) is 11.0 Å². The highest BCUT2D eigenvalue weighted by Crippen LogP contribution is 2.44. The Labute approximate surface area is 190 Å². The van der Waals surface area contributed by atoms with E-state index in [0.29, 0.717) is 13.2 Å². The summed E-state index contributed by atoms with van der Waals surface area (Å²) in [7, 11) is 0. The lowest BCUT2D eigenvalue weighted by Gasteiger charge is -2.45. The van der Waals surface area contributed by atoms with Gasteiger partial charge in [0.25, 0.3) is 0 Å². The molecule has 2 heterocycles. The summed E-state index contributed by atoms with van der Waals surface area (Å²) < 4.78 is 7.31. The molecule has 5 atom stereocenters. The molecule has 6 nitrogen and oxygen atoms in total. The predicted octanol–water partition coefficient (Wildman–Crippen LogP) is 4.36. The molecule has 1 aromatic carbocycles. The molecule has 2 saturated carbocycles. The SMILES string of the molecule is CCOC(=O)C1CN(CC2CCCC3CCCCC32)CCC1n1c(=O)[nH]c2ccccc21. The first-order valence-corrected chi connectivity index (χ1v) is 12.7. The van der Waals surface area contributed by atoms with Gasteiger partial charge in [-0.1, -0.05) is 44.2 Å². The van der Waals surface area contributed by atoms with Gasteiger partial charge in [-0.15, -0.1) is 0 Å². The first-order valence-electron chi connectivity index (χ1n) is 12.7. The number of aromatic nitrogens is 2. The van der Waals surface area contributed by atoms with Crippen LogP contribution in [-0.4, -0.2) is 46.7 Å². The Hall–Kier alpha value is -2.08. The van der Waals surface area contributed by atoms with E-state index < -0.39 is 0 Å². The second-order valence-electron chi connectivity index (χ2n) is 10.2. The number of para-hydroxylation sites is 2. The van der Waals surface area contributed by atoms with Crippen LogP contribution in [0.5, 0.6) is 0 Å². The zero-order valence-electron chi connectivity index (χ0n) is 19.3. The number of H-pyrrole nitrogens is 1. The molecule has 3 aliphatic rings. The molecule has 1 aliphatic heterocycles. The van der Waals surface area contributed by atoms with E-state index in [2.05, 4.69) is 9.88 Å². The number of carbonyl (C=O) groups excluding carboxylic acids is 1. The largest absolute Gasteiger partial charge is 0.466 e. The fraction of sp³-hybridized carbons (Fsp3) is 0.692. The van der Waals surface area contributed by atoms with Gasteiger partial charge in [0.2, 0.25) is 0 Å². The summed E-state index contributed by atoms with van der Waals surface area (Å²) in [5.74, 6) is 2.06. The molecule has 2 aliphatic carbocycles. The van der Waals surface area contributed by atoms with Crippen LogP contribution in [0.3, 0.4) is 0 Å². The average Bonchev–Trinajstić information content (AvgIpc) is 3.15. The molecule has 174 valence electrons. The van der Waals surface area contributed by atoms with Gasteiger partial charge in [-0.2, -0.15) is 0 Å². The normalized spacial score (nSPS) is 31.3. The van der Waals surface area contributed by atoms with Crippen LogP contribution >= 0.6 is 0 Å². The summed E-state index contributed by atoms with van der Waals surface area (Å²) in [6, 6.07) is 7.60. The Kier molecular flexibility index (Phi) is 6.40. The summed E-state index contributed by atoms with van der Waals surface area (Å²) in [6.07, 6.45) is 10.5. The van der Waals surface area contributed by atoms with Gasteiger partial charge in [-0.05, 0) is 56.1 Å². The third kappa shape index (κ3) is 4.14. The Morgan fingerprint density at radius 2 is 1.91 bits per heavy atom. The van der Waals surface area contributed by atoms with E-state index >= 15 is 0 Å². The van der Waals surface area contributed by atoms with Crippen LogP contribution in [0.15, 0.2) is 29.1 Å². The minimum absolute atomic E-state index is 0.128. The van der Waals surface area contributed by atoms with Crippen molar-refractivity contribution >= 4 is 17.0 Å². The second-order valence-corrected chi connectivity index (χ2v) is 10.2. The molecule has 5 rings (SSSR count). The van der Waals surface area contributed by atoms with Crippen molar-refractivity contribution in [1.82, 2.24) is 14.5 Å². The van der Waals surface area contributed by atoms with E-state index in [1.54, 1.807) is 0 Å². The molecule has 1 saturated heterocycles. The summed E-state index contributed by atoms with van der Waals surface area (Å²) in [6.45, 7) is 4.93. The van der Waals surface area contributed by atoms with E-state index in [1.165, 1.54) is 44.9 Å². The summed E-state index contributed by atoms with van der Waals surface area (Å²) in [5.41, 5.74) is 1.58. The van der Waals surface area contributed by atoms with Gasteiger partial charge in [0, 0.05) is 19.6 Å². The Bertz CT molecular complexity index is 994. The molecule has 0 radical (unpaired) electrons. The van der Waals surface area contributed by atoms with Crippen molar-refractivity contribution in [3.8, 4) is 0 Å². The molecule has 1 N–H and O–H groups in total. The van der Waals surface area contributed by atoms with Crippen LogP contribution < -0.4 is 5.69 Å². The lowest BCUT2D eigenvalue weighted by molar-refractivity contribution is -0.152. The number of fused-ring (bicyclic) bond motifs is 2. The zero-order valence-corrected chi connectivity index (χ0v) is 19.3. The number of hydrogen-bond acceptors (Lipinski definition) is 4. The van der Waals surface area contributed by atoms with Crippen LogP contribution in [0.4, 0.5) is 0 Å². The quantitative estimate of drug-likeness (QED) is 0.703. The number of carbonyl (C=O) groups is 1. The monoisotopic (exact) mass is 439 g/mol. The number of nitrogens with zero attached hydrogens (tertiary/aromatic N) is 2. The zero-order chi connectivity index (χ0) is 22.1. The van der Waals surface area contributed by atoms with Crippen LogP contribution in [0.1, 0.15) is 64.3 Å². The number of hydrogen-bond donors (Lipinski definition) is 1. The molecule has 0 amide bonds. The molecule has 0 spiro atoms. The Balaban J connectivity index is 1.37. The highest BCUT2D eigenvalue weighted by molar-refractivity contribution is 5.77. The first kappa shape index (κ1) is 21.7. The molecule has 2 aromatic rings. The molecule has 6 heteroatoms. The van der Waals surface area contributed by atoms with Gasteiger partial charge in [0.15, 0.2) is 0 Å². The van der Waals surface area contributed by atoms with Crippen molar-refractivity contribution in [2.45, 2.75) is 64.3 Å². The third-order valence-electron chi connectivity index (χ3n) is 8.42. The topological polar surface area (TPSA) is 67.3 Å².